The van der Waals surface area contributed by atoms with Gasteiger partial charge in [0.25, 0.3) is 0 Å². The summed E-state index contributed by atoms with van der Waals surface area (Å²) in [6.45, 7) is 6.33. The monoisotopic (exact) mass is 262 g/mol. The van der Waals surface area contributed by atoms with Crippen LogP contribution in [0.15, 0.2) is 40.6 Å². The van der Waals surface area contributed by atoms with Crippen LogP contribution in [0, 0.1) is 5.92 Å². The molecule has 0 aliphatic heterocycles. The summed E-state index contributed by atoms with van der Waals surface area (Å²) in [7, 11) is 0. The molecule has 2 N–H and O–H groups in total. The molecule has 0 radical (unpaired) electrons. The van der Waals surface area contributed by atoms with Crippen LogP contribution in [-0.2, 0) is 6.54 Å². The zero-order valence-corrected chi connectivity index (χ0v) is 11.5. The van der Waals surface area contributed by atoms with Gasteiger partial charge < -0.3 is 5.32 Å². The molecule has 0 aliphatic carbocycles. The van der Waals surface area contributed by atoms with Crippen molar-refractivity contribution in [2.24, 2.45) is 5.92 Å². The molecule has 0 aliphatic rings. The maximum atomic E-state index is 4.14. The Bertz CT molecular complexity index is 468. The molecule has 0 unspecified atom stereocenters. The average molecular weight is 262 g/mol. The molecule has 0 atom stereocenters. The van der Waals surface area contributed by atoms with Crippen molar-refractivity contribution in [1.29, 1.82) is 0 Å². The molecule has 2 rings (SSSR count). The lowest BCUT2D eigenvalue weighted by molar-refractivity contribution is 0.550. The first-order chi connectivity index (χ1) is 8.75. The third-order valence-corrected chi connectivity index (χ3v) is 3.45. The van der Waals surface area contributed by atoms with Gasteiger partial charge >= 0.3 is 0 Å². The number of hydrogen-bond acceptors (Lipinski definition) is 4. The van der Waals surface area contributed by atoms with E-state index in [1.165, 1.54) is 16.8 Å². The van der Waals surface area contributed by atoms with Gasteiger partial charge in [-0.3, -0.25) is 5.10 Å². The van der Waals surface area contributed by atoms with E-state index in [1.54, 1.807) is 11.8 Å². The molecule has 0 amide bonds. The van der Waals surface area contributed by atoms with Gasteiger partial charge in [0.1, 0.15) is 6.33 Å². The Labute approximate surface area is 112 Å². The van der Waals surface area contributed by atoms with E-state index < -0.39 is 0 Å². The molecule has 1 aromatic heterocycles. The molecular formula is C13H18N4S. The lowest BCUT2D eigenvalue weighted by atomic mass is 10.2. The van der Waals surface area contributed by atoms with E-state index in [0.717, 1.165) is 18.2 Å². The number of aromatic amines is 1. The lowest BCUT2D eigenvalue weighted by Crippen LogP contribution is -2.19. The summed E-state index contributed by atoms with van der Waals surface area (Å²) < 4.78 is 0. The molecule has 4 nitrogen and oxygen atoms in total. The third kappa shape index (κ3) is 3.85. The second-order valence-electron chi connectivity index (χ2n) is 4.53. The van der Waals surface area contributed by atoms with Gasteiger partial charge in [0.15, 0.2) is 5.16 Å². The van der Waals surface area contributed by atoms with Crippen molar-refractivity contribution in [2.45, 2.75) is 30.4 Å². The summed E-state index contributed by atoms with van der Waals surface area (Å²) in [4.78, 5) is 5.35. The fourth-order valence-electron chi connectivity index (χ4n) is 1.59. The van der Waals surface area contributed by atoms with E-state index in [1.807, 2.05) is 6.07 Å². The highest BCUT2D eigenvalue weighted by molar-refractivity contribution is 7.99. The second-order valence-corrected chi connectivity index (χ2v) is 5.56. The highest BCUT2D eigenvalue weighted by Crippen LogP contribution is 2.27. The van der Waals surface area contributed by atoms with Crippen LogP contribution in [-0.4, -0.2) is 21.7 Å². The zero-order chi connectivity index (χ0) is 12.8. The van der Waals surface area contributed by atoms with Crippen molar-refractivity contribution in [3.05, 3.63) is 36.2 Å². The summed E-state index contributed by atoms with van der Waals surface area (Å²) in [5.74, 6) is 0.666. The number of rotatable bonds is 6. The van der Waals surface area contributed by atoms with Crippen molar-refractivity contribution in [3.63, 3.8) is 0 Å². The Morgan fingerprint density at radius 2 is 2.17 bits per heavy atom. The van der Waals surface area contributed by atoms with Crippen molar-refractivity contribution < 1.29 is 0 Å². The highest BCUT2D eigenvalue weighted by atomic mass is 32.2. The summed E-state index contributed by atoms with van der Waals surface area (Å²) in [5.41, 5.74) is 1.29. The number of benzene rings is 1. The number of aromatic nitrogens is 3. The minimum absolute atomic E-state index is 0.666. The molecule has 0 saturated heterocycles. The van der Waals surface area contributed by atoms with Gasteiger partial charge in [-0.05, 0) is 24.1 Å². The molecule has 0 spiro atoms. The van der Waals surface area contributed by atoms with Crippen molar-refractivity contribution in [3.8, 4) is 0 Å². The maximum absolute atomic E-state index is 4.14. The Morgan fingerprint density at radius 1 is 1.33 bits per heavy atom. The van der Waals surface area contributed by atoms with E-state index in [-0.39, 0.29) is 0 Å². The first-order valence-electron chi connectivity index (χ1n) is 6.07. The maximum Gasteiger partial charge on any atom is 0.188 e. The summed E-state index contributed by atoms with van der Waals surface area (Å²) in [5, 5.41) is 11.0. The predicted octanol–water partition coefficient (Wildman–Crippen LogP) is 2.70. The van der Waals surface area contributed by atoms with Crippen LogP contribution in [0.1, 0.15) is 19.4 Å². The average Bonchev–Trinajstić information content (AvgIpc) is 2.84. The van der Waals surface area contributed by atoms with Crippen LogP contribution in [0.2, 0.25) is 0 Å². The first-order valence-corrected chi connectivity index (χ1v) is 6.89. The fourth-order valence-corrected chi connectivity index (χ4v) is 2.42. The molecule has 0 saturated carbocycles. The summed E-state index contributed by atoms with van der Waals surface area (Å²) in [6.07, 6.45) is 1.53. The topological polar surface area (TPSA) is 53.6 Å². The number of nitrogens with zero attached hydrogens (tertiary/aromatic N) is 2. The quantitative estimate of drug-likeness (QED) is 0.840. The van der Waals surface area contributed by atoms with Gasteiger partial charge in [0, 0.05) is 11.4 Å². The molecule has 0 bridgehead atoms. The van der Waals surface area contributed by atoms with Crippen LogP contribution in [0.4, 0.5) is 0 Å². The van der Waals surface area contributed by atoms with Crippen molar-refractivity contribution in [1.82, 2.24) is 20.5 Å². The van der Waals surface area contributed by atoms with Gasteiger partial charge in [-0.25, -0.2) is 4.98 Å². The Kier molecular flexibility index (Phi) is 4.78. The highest BCUT2D eigenvalue weighted by Gasteiger charge is 2.05. The van der Waals surface area contributed by atoms with Crippen molar-refractivity contribution >= 4 is 11.8 Å². The minimum Gasteiger partial charge on any atom is -0.312 e. The fraction of sp³-hybridized carbons (Fsp3) is 0.385. The van der Waals surface area contributed by atoms with E-state index in [0.29, 0.717) is 5.92 Å². The smallest absolute Gasteiger partial charge is 0.188 e. The number of H-pyrrole nitrogens is 1. The third-order valence-electron chi connectivity index (χ3n) is 2.44. The SMILES string of the molecule is CC(C)CNCc1ccccc1Sc1ncn[nH]1. The first kappa shape index (κ1) is 13.1. The molecule has 1 heterocycles. The van der Waals surface area contributed by atoms with E-state index in [2.05, 4.69) is 52.5 Å². The van der Waals surface area contributed by atoms with Gasteiger partial charge in [-0.15, -0.1) is 0 Å². The standard InChI is InChI=1S/C13H18N4S/c1-10(2)7-14-8-11-5-3-4-6-12(11)18-13-15-9-16-17-13/h3-6,9-10,14H,7-8H2,1-2H3,(H,15,16,17). The van der Waals surface area contributed by atoms with Gasteiger partial charge in [-0.2, -0.15) is 5.10 Å². The lowest BCUT2D eigenvalue weighted by Gasteiger charge is -2.10. The number of nitrogens with one attached hydrogen (secondary N) is 2. The minimum atomic E-state index is 0.666. The molecule has 0 fully saturated rings. The molecular weight excluding hydrogens is 244 g/mol. The Hall–Kier alpha value is -1.33. The van der Waals surface area contributed by atoms with Gasteiger partial charge in [-0.1, -0.05) is 43.8 Å². The molecule has 96 valence electrons. The van der Waals surface area contributed by atoms with Crippen LogP contribution in [0.25, 0.3) is 0 Å². The van der Waals surface area contributed by atoms with Gasteiger partial charge in [0.2, 0.25) is 0 Å². The molecule has 1 aromatic carbocycles. The van der Waals surface area contributed by atoms with Crippen LogP contribution in [0.5, 0.6) is 0 Å². The zero-order valence-electron chi connectivity index (χ0n) is 10.7. The Balaban J connectivity index is 2.01. The van der Waals surface area contributed by atoms with Crippen LogP contribution >= 0.6 is 11.8 Å². The second kappa shape index (κ2) is 6.56. The van der Waals surface area contributed by atoms with E-state index in [9.17, 15) is 0 Å². The van der Waals surface area contributed by atoms with Gasteiger partial charge in [0.05, 0.1) is 0 Å². The number of hydrogen-bond donors (Lipinski definition) is 2. The normalized spacial score (nSPS) is 11.1. The van der Waals surface area contributed by atoms with E-state index >= 15 is 0 Å². The predicted molar refractivity (Wildman–Crippen MR) is 73.5 cm³/mol. The molecule has 18 heavy (non-hydrogen) atoms. The largest absolute Gasteiger partial charge is 0.312 e. The van der Waals surface area contributed by atoms with Crippen molar-refractivity contribution in [2.75, 3.05) is 6.54 Å². The molecule has 5 heteroatoms. The molecule has 2 aromatic rings. The van der Waals surface area contributed by atoms with E-state index in [4.69, 9.17) is 0 Å². The Morgan fingerprint density at radius 3 is 2.89 bits per heavy atom. The van der Waals surface area contributed by atoms with Crippen LogP contribution < -0.4 is 5.32 Å². The summed E-state index contributed by atoms with van der Waals surface area (Å²) in [6, 6.07) is 8.37. The summed E-state index contributed by atoms with van der Waals surface area (Å²) >= 11 is 1.61. The van der Waals surface area contributed by atoms with Crippen LogP contribution in [0.3, 0.4) is 0 Å².